The molecular formula is C15H12BrFN2. The molecule has 19 heavy (non-hydrogen) atoms. The maximum absolute atomic E-state index is 14.4. The molecule has 1 aromatic heterocycles. The van der Waals surface area contributed by atoms with Gasteiger partial charge in [-0.3, -0.25) is 0 Å². The van der Waals surface area contributed by atoms with E-state index in [1.54, 1.807) is 6.07 Å². The van der Waals surface area contributed by atoms with Gasteiger partial charge in [0.1, 0.15) is 11.6 Å². The molecule has 1 heterocycles. The van der Waals surface area contributed by atoms with E-state index in [1.807, 2.05) is 48.9 Å². The number of imidazole rings is 1. The summed E-state index contributed by atoms with van der Waals surface area (Å²) >= 11 is 3.23. The van der Waals surface area contributed by atoms with Crippen LogP contribution in [0.4, 0.5) is 4.39 Å². The van der Waals surface area contributed by atoms with Gasteiger partial charge in [-0.2, -0.15) is 0 Å². The molecule has 0 aliphatic carbocycles. The maximum atomic E-state index is 14.4. The fourth-order valence-corrected chi connectivity index (χ4v) is 2.62. The largest absolute Gasteiger partial charge is 0.327 e. The van der Waals surface area contributed by atoms with E-state index in [4.69, 9.17) is 0 Å². The van der Waals surface area contributed by atoms with Gasteiger partial charge in [0.25, 0.3) is 0 Å². The molecule has 3 rings (SSSR count). The third kappa shape index (κ3) is 1.87. The van der Waals surface area contributed by atoms with Crippen molar-refractivity contribution in [2.75, 3.05) is 0 Å². The summed E-state index contributed by atoms with van der Waals surface area (Å²) in [6.07, 6.45) is 0. The lowest BCUT2D eigenvalue weighted by Gasteiger charge is -2.08. The molecule has 0 spiro atoms. The number of rotatable bonds is 1. The van der Waals surface area contributed by atoms with E-state index in [1.165, 1.54) is 0 Å². The predicted octanol–water partition coefficient (Wildman–Crippen LogP) is 4.45. The first kappa shape index (κ1) is 12.4. The number of hydrogen-bond acceptors (Lipinski definition) is 1. The molecule has 0 unspecified atom stereocenters. The van der Waals surface area contributed by atoms with Crippen molar-refractivity contribution in [2.24, 2.45) is 7.05 Å². The molecule has 0 atom stereocenters. The fourth-order valence-electron chi connectivity index (χ4n) is 2.29. The minimum Gasteiger partial charge on any atom is -0.327 e. The first-order valence-corrected chi connectivity index (χ1v) is 6.75. The summed E-state index contributed by atoms with van der Waals surface area (Å²) < 4.78 is 16.7. The minimum atomic E-state index is -0.265. The highest BCUT2D eigenvalue weighted by Crippen LogP contribution is 2.32. The number of aromatic nitrogens is 2. The van der Waals surface area contributed by atoms with Gasteiger partial charge in [0.05, 0.1) is 21.1 Å². The molecule has 0 saturated heterocycles. The average molecular weight is 319 g/mol. The molecule has 0 saturated carbocycles. The summed E-state index contributed by atoms with van der Waals surface area (Å²) in [7, 11) is 1.91. The Morgan fingerprint density at radius 2 is 1.89 bits per heavy atom. The van der Waals surface area contributed by atoms with Crippen molar-refractivity contribution in [2.45, 2.75) is 6.92 Å². The molecular weight excluding hydrogens is 307 g/mol. The van der Waals surface area contributed by atoms with E-state index in [-0.39, 0.29) is 5.82 Å². The van der Waals surface area contributed by atoms with E-state index < -0.39 is 0 Å². The van der Waals surface area contributed by atoms with Crippen molar-refractivity contribution in [3.63, 3.8) is 0 Å². The highest BCUT2D eigenvalue weighted by Gasteiger charge is 2.17. The number of hydrogen-bond donors (Lipinski definition) is 0. The summed E-state index contributed by atoms with van der Waals surface area (Å²) in [5, 5.41) is 0. The molecule has 0 aliphatic rings. The van der Waals surface area contributed by atoms with E-state index >= 15 is 0 Å². The Labute approximate surface area is 119 Å². The van der Waals surface area contributed by atoms with Gasteiger partial charge in [-0.25, -0.2) is 9.37 Å². The summed E-state index contributed by atoms with van der Waals surface area (Å²) in [5.41, 5.74) is 3.29. The van der Waals surface area contributed by atoms with Gasteiger partial charge in [0, 0.05) is 7.05 Å². The first-order valence-electron chi connectivity index (χ1n) is 5.96. The third-order valence-corrected chi connectivity index (χ3v) is 3.93. The lowest BCUT2D eigenvalue weighted by Crippen LogP contribution is -1.98. The van der Waals surface area contributed by atoms with Gasteiger partial charge in [0.15, 0.2) is 0 Å². The monoisotopic (exact) mass is 318 g/mol. The molecule has 0 bridgehead atoms. The summed E-state index contributed by atoms with van der Waals surface area (Å²) in [6, 6.07) is 11.4. The average Bonchev–Trinajstić information content (AvgIpc) is 2.73. The fraction of sp³-hybridized carbons (Fsp3) is 0.133. The predicted molar refractivity (Wildman–Crippen MR) is 78.5 cm³/mol. The van der Waals surface area contributed by atoms with Gasteiger partial charge in [-0.15, -0.1) is 0 Å². The molecule has 0 aliphatic heterocycles. The van der Waals surface area contributed by atoms with E-state index in [2.05, 4.69) is 20.9 Å². The Hall–Kier alpha value is -1.68. The summed E-state index contributed by atoms with van der Waals surface area (Å²) in [5.74, 6) is 0.385. The molecule has 2 nitrogen and oxygen atoms in total. The Morgan fingerprint density at radius 3 is 2.63 bits per heavy atom. The minimum absolute atomic E-state index is 0.265. The molecule has 0 amide bonds. The lowest BCUT2D eigenvalue weighted by molar-refractivity contribution is 0.621. The van der Waals surface area contributed by atoms with Gasteiger partial charge < -0.3 is 4.57 Å². The molecule has 4 heteroatoms. The standard InChI is InChI=1S/C15H12BrFN2/c1-9-7-8-10(16)14(17)13(9)15-18-11-5-3-4-6-12(11)19(15)2/h3-8H,1-2H3. The molecule has 2 aromatic carbocycles. The van der Waals surface area contributed by atoms with Gasteiger partial charge >= 0.3 is 0 Å². The van der Waals surface area contributed by atoms with Crippen LogP contribution in [0.1, 0.15) is 5.56 Å². The van der Waals surface area contributed by atoms with Crippen LogP contribution in [-0.4, -0.2) is 9.55 Å². The van der Waals surface area contributed by atoms with E-state index in [0.29, 0.717) is 15.9 Å². The Balaban J connectivity index is 2.37. The van der Waals surface area contributed by atoms with Crippen molar-refractivity contribution < 1.29 is 4.39 Å². The number of aryl methyl sites for hydroxylation is 2. The zero-order chi connectivity index (χ0) is 13.6. The zero-order valence-electron chi connectivity index (χ0n) is 10.6. The third-order valence-electron chi connectivity index (χ3n) is 3.31. The molecule has 0 radical (unpaired) electrons. The van der Waals surface area contributed by atoms with Gasteiger partial charge in [-0.05, 0) is 46.6 Å². The van der Waals surface area contributed by atoms with Crippen molar-refractivity contribution in [1.82, 2.24) is 9.55 Å². The maximum Gasteiger partial charge on any atom is 0.148 e. The summed E-state index contributed by atoms with van der Waals surface area (Å²) in [4.78, 5) is 4.55. The van der Waals surface area contributed by atoms with Crippen LogP contribution >= 0.6 is 15.9 Å². The number of para-hydroxylation sites is 2. The van der Waals surface area contributed by atoms with Crippen LogP contribution in [0, 0.1) is 12.7 Å². The van der Waals surface area contributed by atoms with Crippen molar-refractivity contribution in [3.8, 4) is 11.4 Å². The van der Waals surface area contributed by atoms with Crippen LogP contribution in [0.2, 0.25) is 0 Å². The number of nitrogens with zero attached hydrogens (tertiary/aromatic N) is 2. The Kier molecular flexibility index (Phi) is 2.90. The SMILES string of the molecule is Cc1ccc(Br)c(F)c1-c1nc2ccccc2n1C. The van der Waals surface area contributed by atoms with Gasteiger partial charge in [0.2, 0.25) is 0 Å². The van der Waals surface area contributed by atoms with Crippen LogP contribution < -0.4 is 0 Å². The van der Waals surface area contributed by atoms with Crippen LogP contribution in [-0.2, 0) is 7.05 Å². The number of benzene rings is 2. The molecule has 0 fully saturated rings. The quantitative estimate of drug-likeness (QED) is 0.648. The van der Waals surface area contributed by atoms with Crippen molar-refractivity contribution in [1.29, 1.82) is 0 Å². The van der Waals surface area contributed by atoms with Crippen molar-refractivity contribution >= 4 is 27.0 Å². The lowest BCUT2D eigenvalue weighted by atomic mass is 10.1. The van der Waals surface area contributed by atoms with Crippen LogP contribution in [0.15, 0.2) is 40.9 Å². The van der Waals surface area contributed by atoms with Gasteiger partial charge in [-0.1, -0.05) is 18.2 Å². The summed E-state index contributed by atoms with van der Waals surface area (Å²) in [6.45, 7) is 1.89. The molecule has 3 aromatic rings. The zero-order valence-corrected chi connectivity index (χ0v) is 12.2. The van der Waals surface area contributed by atoms with Crippen LogP contribution in [0.25, 0.3) is 22.4 Å². The molecule has 0 N–H and O–H groups in total. The normalized spacial score (nSPS) is 11.2. The Morgan fingerprint density at radius 1 is 1.16 bits per heavy atom. The highest BCUT2D eigenvalue weighted by atomic mass is 79.9. The van der Waals surface area contributed by atoms with Crippen LogP contribution in [0.3, 0.4) is 0 Å². The molecule has 96 valence electrons. The Bertz CT molecular complexity index is 777. The van der Waals surface area contributed by atoms with Crippen molar-refractivity contribution in [3.05, 3.63) is 52.3 Å². The van der Waals surface area contributed by atoms with E-state index in [0.717, 1.165) is 16.6 Å². The highest BCUT2D eigenvalue weighted by molar-refractivity contribution is 9.10. The first-order chi connectivity index (χ1) is 9.09. The second-order valence-corrected chi connectivity index (χ2v) is 5.39. The second kappa shape index (κ2) is 4.46. The number of fused-ring (bicyclic) bond motifs is 1. The second-order valence-electron chi connectivity index (χ2n) is 4.54. The number of halogens is 2. The smallest absolute Gasteiger partial charge is 0.148 e. The topological polar surface area (TPSA) is 17.8 Å². The van der Waals surface area contributed by atoms with Crippen LogP contribution in [0.5, 0.6) is 0 Å². The van der Waals surface area contributed by atoms with E-state index in [9.17, 15) is 4.39 Å².